The van der Waals surface area contributed by atoms with Crippen LogP contribution in [-0.4, -0.2) is 14.5 Å². The summed E-state index contributed by atoms with van der Waals surface area (Å²) < 4.78 is 1.84. The molecule has 0 spiro atoms. The molecule has 0 aromatic carbocycles. The number of hydrogen-bond donors (Lipinski definition) is 0. The van der Waals surface area contributed by atoms with Gasteiger partial charge < -0.3 is 0 Å². The molecule has 11 heavy (non-hydrogen) atoms. The molecule has 2 aromatic heterocycles. The number of aromatic nitrogens is 3. The second kappa shape index (κ2) is 2.54. The van der Waals surface area contributed by atoms with Gasteiger partial charge in [-0.15, -0.1) is 0 Å². The topological polar surface area (TPSA) is 30.7 Å². The average Bonchev–Trinajstić information content (AvgIpc) is 2.58. The molecule has 0 aliphatic rings. The average molecular weight is 144 g/mol. The van der Waals surface area contributed by atoms with E-state index >= 15 is 0 Å². The Kier molecular flexibility index (Phi) is 1.41. The quantitative estimate of drug-likeness (QED) is 0.599. The molecule has 0 fully saturated rings. The molecule has 0 saturated heterocycles. The van der Waals surface area contributed by atoms with Crippen molar-refractivity contribution in [1.29, 1.82) is 0 Å². The van der Waals surface area contributed by atoms with Crippen LogP contribution in [0.3, 0.4) is 0 Å². The summed E-state index contributed by atoms with van der Waals surface area (Å²) in [6.45, 7) is 0. The van der Waals surface area contributed by atoms with E-state index in [0.717, 1.165) is 5.82 Å². The van der Waals surface area contributed by atoms with Gasteiger partial charge in [0.25, 0.3) is 0 Å². The molecular formula is C8H6N3. The molecule has 2 heterocycles. The van der Waals surface area contributed by atoms with E-state index in [1.54, 1.807) is 18.7 Å². The molecule has 0 unspecified atom stereocenters. The van der Waals surface area contributed by atoms with E-state index in [1.807, 2.05) is 22.9 Å². The first-order chi connectivity index (χ1) is 5.47. The Bertz CT molecular complexity index is 312. The van der Waals surface area contributed by atoms with E-state index < -0.39 is 0 Å². The maximum absolute atomic E-state index is 4.09. The molecule has 0 amide bonds. The van der Waals surface area contributed by atoms with Gasteiger partial charge in [-0.2, -0.15) is 0 Å². The first-order valence-electron chi connectivity index (χ1n) is 3.27. The lowest BCUT2D eigenvalue weighted by Gasteiger charge is -1.96. The summed E-state index contributed by atoms with van der Waals surface area (Å²) in [6.07, 6.45) is 6.92. The van der Waals surface area contributed by atoms with E-state index in [-0.39, 0.29) is 0 Å². The van der Waals surface area contributed by atoms with Crippen molar-refractivity contribution in [2.45, 2.75) is 0 Å². The summed E-state index contributed by atoms with van der Waals surface area (Å²) >= 11 is 0. The molecule has 0 aliphatic heterocycles. The minimum absolute atomic E-state index is 0.862. The maximum Gasteiger partial charge on any atom is 0.137 e. The van der Waals surface area contributed by atoms with Gasteiger partial charge >= 0.3 is 0 Å². The molecule has 0 atom stereocenters. The van der Waals surface area contributed by atoms with Crippen LogP contribution in [0.5, 0.6) is 0 Å². The largest absolute Gasteiger partial charge is 0.291 e. The molecule has 2 rings (SSSR count). The van der Waals surface area contributed by atoms with Crippen LogP contribution in [0.1, 0.15) is 0 Å². The highest BCUT2D eigenvalue weighted by Crippen LogP contribution is 1.99. The molecule has 0 N–H and O–H groups in total. The SMILES string of the molecule is [c]1ccc(-n2ccnc2)nc1. The number of rotatable bonds is 1. The fraction of sp³-hybridized carbons (Fsp3) is 0. The highest BCUT2D eigenvalue weighted by Gasteiger charge is 1.91. The van der Waals surface area contributed by atoms with Crippen molar-refractivity contribution < 1.29 is 0 Å². The fourth-order valence-corrected chi connectivity index (χ4v) is 0.859. The molecule has 2 aromatic rings. The van der Waals surface area contributed by atoms with Crippen molar-refractivity contribution in [1.82, 2.24) is 14.5 Å². The lowest BCUT2D eigenvalue weighted by molar-refractivity contribution is 0.992. The summed E-state index contributed by atoms with van der Waals surface area (Å²) in [5.74, 6) is 0.862. The molecule has 3 nitrogen and oxygen atoms in total. The van der Waals surface area contributed by atoms with Gasteiger partial charge in [-0.05, 0) is 12.1 Å². The third-order valence-corrected chi connectivity index (χ3v) is 1.37. The standard InChI is InChI=1S/C8H6N3/c1-2-4-10-8(3-1)11-6-5-9-7-11/h1,3-7H. The second-order valence-corrected chi connectivity index (χ2v) is 2.09. The van der Waals surface area contributed by atoms with Crippen LogP contribution in [0.2, 0.25) is 0 Å². The van der Waals surface area contributed by atoms with Gasteiger partial charge in [0, 0.05) is 24.7 Å². The molecule has 3 heteroatoms. The van der Waals surface area contributed by atoms with Crippen molar-refractivity contribution in [3.63, 3.8) is 0 Å². The Morgan fingerprint density at radius 1 is 1.45 bits per heavy atom. The van der Waals surface area contributed by atoms with Gasteiger partial charge in [0.2, 0.25) is 0 Å². The minimum atomic E-state index is 0.862. The van der Waals surface area contributed by atoms with E-state index in [4.69, 9.17) is 0 Å². The Hall–Kier alpha value is -1.64. The highest BCUT2D eigenvalue weighted by atomic mass is 15.1. The first kappa shape index (κ1) is 6.09. The van der Waals surface area contributed by atoms with Crippen LogP contribution in [0, 0.1) is 6.07 Å². The van der Waals surface area contributed by atoms with Gasteiger partial charge in [0.15, 0.2) is 0 Å². The Labute approximate surface area is 64.3 Å². The molecule has 0 aliphatic carbocycles. The predicted octanol–water partition coefficient (Wildman–Crippen LogP) is 1.07. The third-order valence-electron chi connectivity index (χ3n) is 1.37. The van der Waals surface area contributed by atoms with Crippen molar-refractivity contribution in [3.05, 3.63) is 43.1 Å². The van der Waals surface area contributed by atoms with Gasteiger partial charge in [-0.1, -0.05) is 0 Å². The lowest BCUT2D eigenvalue weighted by Crippen LogP contribution is -1.91. The molecule has 53 valence electrons. The van der Waals surface area contributed by atoms with Crippen LogP contribution < -0.4 is 0 Å². The Morgan fingerprint density at radius 2 is 2.45 bits per heavy atom. The zero-order valence-corrected chi connectivity index (χ0v) is 5.81. The summed E-state index contributed by atoms with van der Waals surface area (Å²) in [5.41, 5.74) is 0. The zero-order valence-electron chi connectivity index (χ0n) is 5.81. The van der Waals surface area contributed by atoms with Crippen molar-refractivity contribution in [2.24, 2.45) is 0 Å². The Balaban J connectivity index is 2.46. The predicted molar refractivity (Wildman–Crippen MR) is 40.2 cm³/mol. The normalized spacial score (nSPS) is 9.82. The summed E-state index contributed by atoms with van der Waals surface area (Å²) in [5, 5.41) is 0. The van der Waals surface area contributed by atoms with Crippen LogP contribution in [0.15, 0.2) is 37.1 Å². The van der Waals surface area contributed by atoms with Crippen LogP contribution in [0.4, 0.5) is 0 Å². The molecule has 0 bridgehead atoms. The number of hydrogen-bond acceptors (Lipinski definition) is 2. The van der Waals surface area contributed by atoms with E-state index in [9.17, 15) is 0 Å². The van der Waals surface area contributed by atoms with Crippen molar-refractivity contribution in [3.8, 4) is 5.82 Å². The third kappa shape index (κ3) is 1.12. The van der Waals surface area contributed by atoms with Gasteiger partial charge in [-0.25, -0.2) is 9.97 Å². The minimum Gasteiger partial charge on any atom is -0.291 e. The summed E-state index contributed by atoms with van der Waals surface area (Å²) in [6, 6.07) is 6.55. The zero-order chi connectivity index (χ0) is 7.52. The molecule has 1 radical (unpaired) electrons. The molecule has 0 saturated carbocycles. The number of nitrogens with zero attached hydrogens (tertiary/aromatic N) is 3. The van der Waals surface area contributed by atoms with Crippen LogP contribution in [0.25, 0.3) is 5.82 Å². The van der Waals surface area contributed by atoms with Crippen LogP contribution in [-0.2, 0) is 0 Å². The lowest BCUT2D eigenvalue weighted by atomic mass is 10.5. The van der Waals surface area contributed by atoms with Gasteiger partial charge in [0.1, 0.15) is 12.1 Å². The highest BCUT2D eigenvalue weighted by molar-refractivity contribution is 5.20. The summed E-state index contributed by atoms with van der Waals surface area (Å²) in [7, 11) is 0. The first-order valence-corrected chi connectivity index (χ1v) is 3.27. The van der Waals surface area contributed by atoms with Gasteiger partial charge in [-0.3, -0.25) is 4.57 Å². The van der Waals surface area contributed by atoms with Gasteiger partial charge in [0.05, 0.1) is 0 Å². The number of pyridine rings is 1. The number of imidazole rings is 1. The monoisotopic (exact) mass is 144 g/mol. The molecular weight excluding hydrogens is 138 g/mol. The fourth-order valence-electron chi connectivity index (χ4n) is 0.859. The van der Waals surface area contributed by atoms with Crippen molar-refractivity contribution in [2.75, 3.05) is 0 Å². The smallest absolute Gasteiger partial charge is 0.137 e. The van der Waals surface area contributed by atoms with Crippen LogP contribution >= 0.6 is 0 Å². The maximum atomic E-state index is 4.09. The van der Waals surface area contributed by atoms with E-state index in [1.165, 1.54) is 0 Å². The van der Waals surface area contributed by atoms with Crippen molar-refractivity contribution >= 4 is 0 Å². The second-order valence-electron chi connectivity index (χ2n) is 2.09. The summed E-state index contributed by atoms with van der Waals surface area (Å²) in [4.78, 5) is 8.00. The van der Waals surface area contributed by atoms with E-state index in [0.29, 0.717) is 0 Å². The Morgan fingerprint density at radius 3 is 3.09 bits per heavy atom. The van der Waals surface area contributed by atoms with E-state index in [2.05, 4.69) is 16.0 Å².